The van der Waals surface area contributed by atoms with Crippen LogP contribution in [0.2, 0.25) is 0 Å². The third-order valence-corrected chi connectivity index (χ3v) is 8.37. The zero-order valence-electron chi connectivity index (χ0n) is 22.8. The van der Waals surface area contributed by atoms with Crippen molar-refractivity contribution in [2.75, 3.05) is 11.5 Å². The summed E-state index contributed by atoms with van der Waals surface area (Å²) in [5, 5.41) is 0. The standard InChI is InChI=1S/C32H38O4S2/c1-31(2,29(33)35-23-25-11-7-5-8-12-25)19-21-37-27-15-17-28(18-16-27)38-22-20-32(3,4)30(34)36-24-26-13-9-6-10-14-26/h5-18H,19-24H2,1-4H3. The second-order valence-electron chi connectivity index (χ2n) is 10.6. The molecule has 0 bridgehead atoms. The predicted molar refractivity (Wildman–Crippen MR) is 157 cm³/mol. The van der Waals surface area contributed by atoms with Crippen LogP contribution in [-0.2, 0) is 32.3 Å². The summed E-state index contributed by atoms with van der Waals surface area (Å²) in [5.41, 5.74) is 0.922. The molecular formula is C32H38O4S2. The molecule has 0 aromatic heterocycles. The van der Waals surface area contributed by atoms with Gasteiger partial charge in [0.1, 0.15) is 13.2 Å². The molecule has 3 aromatic rings. The van der Waals surface area contributed by atoms with Crippen LogP contribution in [-0.4, -0.2) is 23.4 Å². The maximum absolute atomic E-state index is 12.6. The Kier molecular flexibility index (Phi) is 11.4. The van der Waals surface area contributed by atoms with Gasteiger partial charge in [0.15, 0.2) is 0 Å². The van der Waals surface area contributed by atoms with Gasteiger partial charge >= 0.3 is 11.9 Å². The molecule has 0 N–H and O–H groups in total. The largest absolute Gasteiger partial charge is 0.460 e. The first-order valence-electron chi connectivity index (χ1n) is 12.9. The van der Waals surface area contributed by atoms with Gasteiger partial charge in [-0.05, 0) is 87.4 Å². The van der Waals surface area contributed by atoms with Crippen molar-refractivity contribution in [3.05, 3.63) is 96.1 Å². The topological polar surface area (TPSA) is 52.6 Å². The molecule has 0 saturated carbocycles. The summed E-state index contributed by atoms with van der Waals surface area (Å²) in [4.78, 5) is 27.5. The van der Waals surface area contributed by atoms with Crippen LogP contribution in [0.4, 0.5) is 0 Å². The van der Waals surface area contributed by atoms with Crippen molar-refractivity contribution < 1.29 is 19.1 Å². The molecule has 202 valence electrons. The Hall–Kier alpha value is -2.70. The Labute approximate surface area is 235 Å². The van der Waals surface area contributed by atoms with Crippen molar-refractivity contribution in [3.8, 4) is 0 Å². The highest BCUT2D eigenvalue weighted by atomic mass is 32.2. The smallest absolute Gasteiger partial charge is 0.311 e. The van der Waals surface area contributed by atoms with Gasteiger partial charge in [0.25, 0.3) is 0 Å². The Morgan fingerprint density at radius 1 is 0.579 bits per heavy atom. The minimum Gasteiger partial charge on any atom is -0.460 e. The number of thioether (sulfide) groups is 2. The number of hydrogen-bond acceptors (Lipinski definition) is 6. The summed E-state index contributed by atoms with van der Waals surface area (Å²) >= 11 is 3.49. The van der Waals surface area contributed by atoms with Crippen molar-refractivity contribution in [1.82, 2.24) is 0 Å². The minimum absolute atomic E-state index is 0.166. The van der Waals surface area contributed by atoms with Crippen LogP contribution in [0.1, 0.15) is 51.7 Å². The molecular weight excluding hydrogens is 512 g/mol. The van der Waals surface area contributed by atoms with E-state index in [-0.39, 0.29) is 11.9 Å². The van der Waals surface area contributed by atoms with Crippen LogP contribution >= 0.6 is 23.5 Å². The number of hydrogen-bond donors (Lipinski definition) is 0. The number of ether oxygens (including phenoxy) is 2. The first-order valence-corrected chi connectivity index (χ1v) is 14.9. The molecule has 3 aromatic carbocycles. The van der Waals surface area contributed by atoms with Crippen LogP contribution in [0.25, 0.3) is 0 Å². The zero-order valence-corrected chi connectivity index (χ0v) is 24.4. The summed E-state index contributed by atoms with van der Waals surface area (Å²) in [6.07, 6.45) is 1.47. The second kappa shape index (κ2) is 14.5. The maximum Gasteiger partial charge on any atom is 0.311 e. The average molecular weight is 551 g/mol. The summed E-state index contributed by atoms with van der Waals surface area (Å²) in [5.74, 6) is 1.33. The number of benzene rings is 3. The number of esters is 2. The lowest BCUT2D eigenvalue weighted by molar-refractivity contribution is -0.156. The van der Waals surface area contributed by atoms with Gasteiger partial charge in [0.05, 0.1) is 10.8 Å². The van der Waals surface area contributed by atoms with Crippen molar-refractivity contribution in [3.63, 3.8) is 0 Å². The lowest BCUT2D eigenvalue weighted by Crippen LogP contribution is -2.27. The van der Waals surface area contributed by atoms with E-state index >= 15 is 0 Å². The molecule has 0 unspecified atom stereocenters. The number of carbonyl (C=O) groups excluding carboxylic acids is 2. The lowest BCUT2D eigenvalue weighted by Gasteiger charge is -2.22. The van der Waals surface area contributed by atoms with E-state index < -0.39 is 10.8 Å². The molecule has 38 heavy (non-hydrogen) atoms. The van der Waals surface area contributed by atoms with Crippen molar-refractivity contribution in [2.45, 2.75) is 63.5 Å². The summed E-state index contributed by atoms with van der Waals surface area (Å²) in [6, 6.07) is 28.0. The highest BCUT2D eigenvalue weighted by molar-refractivity contribution is 7.99. The van der Waals surface area contributed by atoms with Crippen molar-refractivity contribution >= 4 is 35.5 Å². The average Bonchev–Trinajstić information content (AvgIpc) is 2.92. The number of carbonyl (C=O) groups is 2. The Morgan fingerprint density at radius 2 is 0.921 bits per heavy atom. The highest BCUT2D eigenvalue weighted by Gasteiger charge is 2.30. The van der Waals surface area contributed by atoms with Gasteiger partial charge in [-0.3, -0.25) is 9.59 Å². The van der Waals surface area contributed by atoms with Gasteiger partial charge in [0, 0.05) is 9.79 Å². The van der Waals surface area contributed by atoms with E-state index in [2.05, 4.69) is 24.3 Å². The Morgan fingerprint density at radius 3 is 1.26 bits per heavy atom. The van der Waals surface area contributed by atoms with Crippen LogP contribution in [0.3, 0.4) is 0 Å². The molecule has 0 amide bonds. The highest BCUT2D eigenvalue weighted by Crippen LogP contribution is 2.31. The van der Waals surface area contributed by atoms with E-state index in [1.54, 1.807) is 23.5 Å². The van der Waals surface area contributed by atoms with Gasteiger partial charge in [-0.2, -0.15) is 0 Å². The molecule has 0 aliphatic carbocycles. The van der Waals surface area contributed by atoms with Gasteiger partial charge in [-0.25, -0.2) is 0 Å². The molecule has 0 atom stereocenters. The zero-order chi connectivity index (χ0) is 27.4. The normalized spacial score (nSPS) is 11.7. The summed E-state index contributed by atoms with van der Waals surface area (Å²) in [6.45, 7) is 8.39. The third kappa shape index (κ3) is 9.88. The van der Waals surface area contributed by atoms with E-state index in [0.29, 0.717) is 13.2 Å². The van der Waals surface area contributed by atoms with Gasteiger partial charge in [-0.15, -0.1) is 23.5 Å². The number of rotatable bonds is 14. The first-order chi connectivity index (χ1) is 18.2. The van der Waals surface area contributed by atoms with Crippen molar-refractivity contribution in [1.29, 1.82) is 0 Å². The second-order valence-corrected chi connectivity index (χ2v) is 12.9. The minimum atomic E-state index is -0.535. The molecule has 0 spiro atoms. The molecule has 6 heteroatoms. The molecule has 3 rings (SSSR count). The van der Waals surface area contributed by atoms with E-state index in [0.717, 1.165) is 35.5 Å². The fraction of sp³-hybridized carbons (Fsp3) is 0.375. The maximum atomic E-state index is 12.6. The molecule has 0 aliphatic heterocycles. The van der Waals surface area contributed by atoms with Crippen LogP contribution in [0.15, 0.2) is 94.7 Å². The van der Waals surface area contributed by atoms with Crippen LogP contribution < -0.4 is 0 Å². The fourth-order valence-electron chi connectivity index (χ4n) is 3.52. The first kappa shape index (κ1) is 29.9. The molecule has 0 aliphatic rings. The predicted octanol–water partition coefficient (Wildman–Crippen LogP) is 8.19. The molecule has 4 nitrogen and oxygen atoms in total. The quantitative estimate of drug-likeness (QED) is 0.149. The molecule has 0 fully saturated rings. The fourth-order valence-corrected chi connectivity index (χ4v) is 5.87. The van der Waals surface area contributed by atoms with E-state index in [4.69, 9.17) is 9.47 Å². The van der Waals surface area contributed by atoms with E-state index in [1.807, 2.05) is 88.4 Å². The third-order valence-electron chi connectivity index (χ3n) is 6.35. The van der Waals surface area contributed by atoms with Crippen LogP contribution in [0.5, 0.6) is 0 Å². The SMILES string of the molecule is CC(C)(CCSc1ccc(SCCC(C)(C)C(=O)OCc2ccccc2)cc1)C(=O)OCc1ccccc1. The molecule has 0 heterocycles. The lowest BCUT2D eigenvalue weighted by atomic mass is 9.90. The van der Waals surface area contributed by atoms with Gasteiger partial charge in [-0.1, -0.05) is 60.7 Å². The van der Waals surface area contributed by atoms with Crippen LogP contribution in [0, 0.1) is 10.8 Å². The Bertz CT molecular complexity index is 1050. The monoisotopic (exact) mass is 550 g/mol. The molecule has 0 saturated heterocycles. The van der Waals surface area contributed by atoms with Crippen molar-refractivity contribution in [2.24, 2.45) is 10.8 Å². The summed E-state index contributed by atoms with van der Waals surface area (Å²) in [7, 11) is 0. The van der Waals surface area contributed by atoms with Gasteiger partial charge in [0.2, 0.25) is 0 Å². The molecule has 0 radical (unpaired) electrons. The Balaban J connectivity index is 1.35. The van der Waals surface area contributed by atoms with Gasteiger partial charge < -0.3 is 9.47 Å². The summed E-state index contributed by atoms with van der Waals surface area (Å²) < 4.78 is 11.1. The van der Waals surface area contributed by atoms with E-state index in [1.165, 1.54) is 9.79 Å². The van der Waals surface area contributed by atoms with E-state index in [9.17, 15) is 9.59 Å².